The number of phenols is 1. The lowest BCUT2D eigenvalue weighted by atomic mass is 9.95. The highest BCUT2D eigenvalue weighted by molar-refractivity contribution is 14.1. The number of para-hydroxylation sites is 1. The Morgan fingerprint density at radius 2 is 1.96 bits per heavy atom. The van der Waals surface area contributed by atoms with E-state index in [2.05, 4.69) is 17.2 Å². The average Bonchev–Trinajstić information content (AvgIpc) is 2.99. The Hall–Kier alpha value is -2.88. The molecule has 2 aromatic rings. The van der Waals surface area contributed by atoms with Crippen LogP contribution >= 0.6 is 22.6 Å². The normalized spacial score (nSPS) is 19.6. The van der Waals surface area contributed by atoms with Crippen LogP contribution in [-0.2, 0) is 0 Å². The van der Waals surface area contributed by atoms with Gasteiger partial charge in [0.25, 0.3) is 0 Å². The smallest absolute Gasteiger partial charge is 0.128 e. The average molecular weight is 455 g/mol. The lowest BCUT2D eigenvalue weighted by Gasteiger charge is -2.21. The maximum Gasteiger partial charge on any atom is 0.128 e. The molecule has 0 radical (unpaired) electrons. The van der Waals surface area contributed by atoms with Gasteiger partial charge in [0.2, 0.25) is 0 Å². The minimum absolute atomic E-state index is 0.173. The number of hydrazone groups is 1. The topological polar surface area (TPSA) is 109 Å². The molecule has 2 unspecified atom stereocenters. The summed E-state index contributed by atoms with van der Waals surface area (Å²) in [6.07, 6.45) is 0.973. The molecule has 0 fully saturated rings. The Balaban J connectivity index is 2.03. The number of anilines is 1. The van der Waals surface area contributed by atoms with E-state index in [1.807, 2.05) is 52.9 Å². The van der Waals surface area contributed by atoms with Crippen molar-refractivity contribution in [1.82, 2.24) is 0 Å². The maximum absolute atomic E-state index is 9.64. The fraction of sp³-hybridized carbons (Fsp3) is 0.105. The van der Waals surface area contributed by atoms with Crippen molar-refractivity contribution in [1.29, 1.82) is 10.5 Å². The summed E-state index contributed by atoms with van der Waals surface area (Å²) in [5.41, 5.74) is 8.30. The molecule has 1 heterocycles. The van der Waals surface area contributed by atoms with E-state index in [9.17, 15) is 15.6 Å². The van der Waals surface area contributed by atoms with Gasteiger partial charge in [-0.15, -0.1) is 0 Å². The second-order valence-corrected chi connectivity index (χ2v) is 6.81. The largest absolute Gasteiger partial charge is 0.507 e. The molecule has 2 atom stereocenters. The number of allylic oxidation sites excluding steroid dienone is 1. The van der Waals surface area contributed by atoms with Crippen molar-refractivity contribution in [2.75, 3.05) is 5.01 Å². The van der Waals surface area contributed by atoms with E-state index < -0.39 is 12.1 Å². The number of nitriles is 2. The van der Waals surface area contributed by atoms with Crippen LogP contribution in [0.25, 0.3) is 6.08 Å². The van der Waals surface area contributed by atoms with Crippen molar-refractivity contribution in [3.8, 4) is 17.9 Å². The molecule has 26 heavy (non-hydrogen) atoms. The highest BCUT2D eigenvalue weighted by Gasteiger charge is 2.37. The molecule has 0 spiro atoms. The van der Waals surface area contributed by atoms with Crippen molar-refractivity contribution in [3.05, 3.63) is 63.2 Å². The molecule has 1 aliphatic heterocycles. The Labute approximate surface area is 164 Å². The third kappa shape index (κ3) is 3.40. The molecule has 6 nitrogen and oxygen atoms in total. The minimum atomic E-state index is -0.725. The van der Waals surface area contributed by atoms with Crippen LogP contribution in [0.2, 0.25) is 0 Å². The van der Waals surface area contributed by atoms with Crippen molar-refractivity contribution in [3.63, 3.8) is 0 Å². The van der Waals surface area contributed by atoms with Crippen LogP contribution in [0.4, 0.5) is 5.69 Å². The van der Waals surface area contributed by atoms with E-state index in [1.54, 1.807) is 29.3 Å². The third-order valence-corrected chi connectivity index (χ3v) is 4.84. The summed E-state index contributed by atoms with van der Waals surface area (Å²) < 4.78 is 0.668. The van der Waals surface area contributed by atoms with E-state index in [1.165, 1.54) is 0 Å². The summed E-state index contributed by atoms with van der Waals surface area (Å²) >= 11 is 2.01. The van der Waals surface area contributed by atoms with Gasteiger partial charge >= 0.3 is 0 Å². The first-order chi connectivity index (χ1) is 12.5. The van der Waals surface area contributed by atoms with E-state index >= 15 is 0 Å². The van der Waals surface area contributed by atoms with Gasteiger partial charge in [-0.1, -0.05) is 24.3 Å². The zero-order chi connectivity index (χ0) is 18.7. The van der Waals surface area contributed by atoms with Crippen LogP contribution in [0.1, 0.15) is 5.56 Å². The fourth-order valence-electron chi connectivity index (χ4n) is 2.66. The zero-order valence-electron chi connectivity index (χ0n) is 13.5. The van der Waals surface area contributed by atoms with Gasteiger partial charge in [0.05, 0.1) is 26.6 Å². The monoisotopic (exact) mass is 455 g/mol. The van der Waals surface area contributed by atoms with Gasteiger partial charge < -0.3 is 10.8 Å². The van der Waals surface area contributed by atoms with Crippen LogP contribution in [0, 0.1) is 32.2 Å². The van der Waals surface area contributed by atoms with E-state index in [0.29, 0.717) is 9.28 Å². The number of rotatable bonds is 3. The summed E-state index contributed by atoms with van der Waals surface area (Å²) in [7, 11) is 0. The Bertz CT molecular complexity index is 972. The number of halogens is 1. The second kappa shape index (κ2) is 7.56. The Morgan fingerprint density at radius 3 is 2.58 bits per heavy atom. The summed E-state index contributed by atoms with van der Waals surface area (Å²) in [4.78, 5) is 0. The van der Waals surface area contributed by atoms with Gasteiger partial charge in [0.15, 0.2) is 0 Å². The summed E-state index contributed by atoms with van der Waals surface area (Å²) in [5, 5.41) is 34.8. The second-order valence-electron chi connectivity index (χ2n) is 5.64. The van der Waals surface area contributed by atoms with E-state index in [4.69, 9.17) is 5.73 Å². The van der Waals surface area contributed by atoms with Crippen LogP contribution in [0.3, 0.4) is 0 Å². The number of hydrogen-bond acceptors (Lipinski definition) is 6. The molecule has 1 aliphatic rings. The van der Waals surface area contributed by atoms with Crippen molar-refractivity contribution < 1.29 is 5.11 Å². The molecule has 0 bridgehead atoms. The molecule has 3 rings (SSSR count). The van der Waals surface area contributed by atoms with Gasteiger partial charge in [0.1, 0.15) is 23.9 Å². The summed E-state index contributed by atoms with van der Waals surface area (Å²) in [5.74, 6) is -0.552. The number of nitrogens with zero attached hydrogens (tertiary/aromatic N) is 4. The predicted molar refractivity (Wildman–Crippen MR) is 108 cm³/mol. The first-order valence-corrected chi connectivity index (χ1v) is 8.81. The highest BCUT2D eigenvalue weighted by atomic mass is 127. The van der Waals surface area contributed by atoms with Crippen molar-refractivity contribution in [2.45, 2.75) is 6.17 Å². The SMILES string of the molecule is N#CC(=Cc1ccc(O)c(I)c1)C1=NN(c2ccccc2)C(N)C1C#N. The van der Waals surface area contributed by atoms with Crippen LogP contribution in [-0.4, -0.2) is 17.0 Å². The van der Waals surface area contributed by atoms with E-state index in [0.717, 1.165) is 11.3 Å². The number of phenolic OH excluding ortho intramolecular Hbond substituents is 1. The third-order valence-electron chi connectivity index (χ3n) is 3.97. The molecule has 0 saturated carbocycles. The van der Waals surface area contributed by atoms with Crippen molar-refractivity contribution >= 4 is 40.1 Å². The maximum atomic E-state index is 9.64. The molecule has 0 saturated heterocycles. The summed E-state index contributed by atoms with van der Waals surface area (Å²) in [6, 6.07) is 18.6. The Morgan fingerprint density at radius 1 is 1.23 bits per heavy atom. The standard InChI is InChI=1S/C19H14IN5O/c20-16-9-12(6-7-17(16)26)8-13(10-21)18-15(11-22)19(23)25(24-18)14-4-2-1-3-5-14/h1-9,15,19,26H,23H2. The molecular weight excluding hydrogens is 441 g/mol. The fourth-order valence-corrected chi connectivity index (χ4v) is 3.20. The first kappa shape index (κ1) is 17.9. The van der Waals surface area contributed by atoms with Gasteiger partial charge in [0, 0.05) is 0 Å². The predicted octanol–water partition coefficient (Wildman–Crippen LogP) is 3.20. The van der Waals surface area contributed by atoms with Crippen LogP contribution in [0.5, 0.6) is 5.75 Å². The number of hydrogen-bond donors (Lipinski definition) is 2. The summed E-state index contributed by atoms with van der Waals surface area (Å²) in [6.45, 7) is 0. The van der Waals surface area contributed by atoms with E-state index in [-0.39, 0.29) is 11.3 Å². The first-order valence-electron chi connectivity index (χ1n) is 7.74. The minimum Gasteiger partial charge on any atom is -0.507 e. The molecular formula is C19H14IN5O. The number of benzene rings is 2. The molecule has 2 aromatic carbocycles. The quantitative estimate of drug-likeness (QED) is 0.546. The molecule has 0 aromatic heterocycles. The molecule has 0 aliphatic carbocycles. The highest BCUT2D eigenvalue weighted by Crippen LogP contribution is 2.29. The van der Waals surface area contributed by atoms with Crippen LogP contribution in [0.15, 0.2) is 59.2 Å². The molecule has 7 heteroatoms. The lowest BCUT2D eigenvalue weighted by molar-refractivity contribution is 0.471. The Kier molecular flexibility index (Phi) is 5.21. The van der Waals surface area contributed by atoms with Gasteiger partial charge in [-0.2, -0.15) is 15.6 Å². The van der Waals surface area contributed by atoms with Crippen molar-refractivity contribution in [2.24, 2.45) is 16.8 Å². The molecule has 0 amide bonds. The zero-order valence-corrected chi connectivity index (χ0v) is 15.7. The van der Waals surface area contributed by atoms with Gasteiger partial charge in [-0.3, -0.25) is 0 Å². The van der Waals surface area contributed by atoms with Gasteiger partial charge in [-0.25, -0.2) is 5.01 Å². The molecule has 3 N–H and O–H groups in total. The number of nitrogens with two attached hydrogens (primary N) is 1. The van der Waals surface area contributed by atoms with Gasteiger partial charge in [-0.05, 0) is 58.5 Å². The lowest BCUT2D eigenvalue weighted by Crippen LogP contribution is -2.40. The van der Waals surface area contributed by atoms with Crippen LogP contribution < -0.4 is 10.7 Å². The molecule has 128 valence electrons. The number of aromatic hydroxyl groups is 1.